The van der Waals surface area contributed by atoms with Crippen LogP contribution in [0.25, 0.3) is 0 Å². The van der Waals surface area contributed by atoms with Crippen molar-refractivity contribution in [2.75, 3.05) is 32.7 Å². The van der Waals surface area contributed by atoms with Gasteiger partial charge < -0.3 is 20.9 Å². The summed E-state index contributed by atoms with van der Waals surface area (Å²) >= 11 is 0. The molecule has 0 spiro atoms. The Morgan fingerprint density at radius 1 is 1.22 bits per heavy atom. The lowest BCUT2D eigenvalue weighted by Crippen LogP contribution is -2.45. The van der Waals surface area contributed by atoms with Crippen LogP contribution in [0.3, 0.4) is 0 Å². The smallest absolute Gasteiger partial charge is 0.241 e. The molecule has 0 aliphatic carbocycles. The lowest BCUT2D eigenvalue weighted by Gasteiger charge is -2.18. The Kier molecular flexibility index (Phi) is 11.8. The first-order valence-corrected chi connectivity index (χ1v) is 8.19. The molecule has 0 radical (unpaired) electrons. The summed E-state index contributed by atoms with van der Waals surface area (Å²) in [6.45, 7) is 8.86. The molecule has 134 valence electrons. The zero-order valence-corrected chi connectivity index (χ0v) is 16.7. The van der Waals surface area contributed by atoms with Crippen LogP contribution in [0.1, 0.15) is 40.0 Å². The topological polar surface area (TPSA) is 85.8 Å². The summed E-state index contributed by atoms with van der Waals surface area (Å²) in [5.74, 6) is 0.739. The van der Waals surface area contributed by atoms with Crippen LogP contribution < -0.4 is 16.0 Å². The van der Waals surface area contributed by atoms with Crippen molar-refractivity contribution in [3.05, 3.63) is 0 Å². The van der Waals surface area contributed by atoms with E-state index in [1.807, 2.05) is 25.7 Å². The van der Waals surface area contributed by atoms with Crippen molar-refractivity contribution in [2.24, 2.45) is 4.99 Å². The Morgan fingerprint density at radius 3 is 2.57 bits per heavy atom. The minimum Gasteiger partial charge on any atom is -0.357 e. The third kappa shape index (κ3) is 8.38. The molecule has 1 heterocycles. The lowest BCUT2D eigenvalue weighted by molar-refractivity contribution is -0.129. The Bertz CT molecular complexity index is 403. The first-order valence-electron chi connectivity index (χ1n) is 8.19. The van der Waals surface area contributed by atoms with Crippen molar-refractivity contribution >= 4 is 41.8 Å². The van der Waals surface area contributed by atoms with E-state index in [1.54, 1.807) is 0 Å². The van der Waals surface area contributed by atoms with Gasteiger partial charge in [-0.15, -0.1) is 24.0 Å². The van der Waals surface area contributed by atoms with E-state index < -0.39 is 0 Å². The normalized spacial score (nSPS) is 17.4. The van der Waals surface area contributed by atoms with Crippen molar-refractivity contribution in [1.82, 2.24) is 20.9 Å². The molecule has 3 N–H and O–H groups in total. The van der Waals surface area contributed by atoms with Crippen molar-refractivity contribution in [2.45, 2.75) is 46.1 Å². The molecule has 1 rings (SSSR count). The molecule has 0 aromatic rings. The van der Waals surface area contributed by atoms with E-state index in [9.17, 15) is 9.59 Å². The summed E-state index contributed by atoms with van der Waals surface area (Å²) in [5.41, 5.74) is 0. The fourth-order valence-corrected chi connectivity index (χ4v) is 2.31. The number of nitrogens with one attached hydrogen (secondary N) is 3. The molecule has 1 aliphatic heterocycles. The number of amides is 2. The minimum atomic E-state index is -0.0757. The summed E-state index contributed by atoms with van der Waals surface area (Å²) < 4.78 is 0. The van der Waals surface area contributed by atoms with Gasteiger partial charge in [-0.2, -0.15) is 0 Å². The van der Waals surface area contributed by atoms with Crippen LogP contribution in [0.15, 0.2) is 4.99 Å². The average Bonchev–Trinajstić information content (AvgIpc) is 2.98. The monoisotopic (exact) mass is 439 g/mol. The van der Waals surface area contributed by atoms with Gasteiger partial charge in [0.25, 0.3) is 0 Å². The number of nitrogens with zero attached hydrogens (tertiary/aromatic N) is 2. The van der Waals surface area contributed by atoms with Gasteiger partial charge in [0.2, 0.25) is 11.8 Å². The highest BCUT2D eigenvalue weighted by Crippen LogP contribution is 2.10. The van der Waals surface area contributed by atoms with Crippen LogP contribution in [-0.4, -0.2) is 61.4 Å². The zero-order chi connectivity index (χ0) is 16.4. The Balaban J connectivity index is 0.00000484. The van der Waals surface area contributed by atoms with E-state index >= 15 is 0 Å². The number of aliphatic imine (C=N–C) groups is 1. The molecule has 1 aliphatic rings. The van der Waals surface area contributed by atoms with Crippen molar-refractivity contribution in [3.63, 3.8) is 0 Å². The van der Waals surface area contributed by atoms with Crippen LogP contribution in [0.5, 0.6) is 0 Å². The van der Waals surface area contributed by atoms with Crippen molar-refractivity contribution < 1.29 is 9.59 Å². The second-order valence-electron chi connectivity index (χ2n) is 5.37. The van der Waals surface area contributed by atoms with Gasteiger partial charge in [0, 0.05) is 38.6 Å². The number of hydrogen-bond donors (Lipinski definition) is 3. The minimum absolute atomic E-state index is 0. The Morgan fingerprint density at radius 2 is 1.96 bits per heavy atom. The van der Waals surface area contributed by atoms with Gasteiger partial charge >= 0.3 is 0 Å². The number of hydrogen-bond acceptors (Lipinski definition) is 3. The lowest BCUT2D eigenvalue weighted by atomic mass is 10.3. The van der Waals surface area contributed by atoms with Crippen LogP contribution in [-0.2, 0) is 9.59 Å². The summed E-state index contributed by atoms with van der Waals surface area (Å²) in [7, 11) is 0. The molecule has 1 saturated heterocycles. The highest BCUT2D eigenvalue weighted by molar-refractivity contribution is 14.0. The van der Waals surface area contributed by atoms with Gasteiger partial charge in [-0.25, -0.2) is 4.99 Å². The van der Waals surface area contributed by atoms with Gasteiger partial charge in [-0.05, 0) is 19.8 Å². The SMILES string of the molecule is CCCNC(=O)CN=C(NCC)NC1CCN(C(=O)CC)C1.I. The first kappa shape index (κ1) is 21.9. The van der Waals surface area contributed by atoms with Crippen LogP contribution in [0, 0.1) is 0 Å². The summed E-state index contributed by atoms with van der Waals surface area (Å²) in [6.07, 6.45) is 2.35. The number of rotatable bonds is 7. The molecule has 0 bridgehead atoms. The van der Waals surface area contributed by atoms with Gasteiger partial charge in [-0.3, -0.25) is 9.59 Å². The van der Waals surface area contributed by atoms with E-state index in [2.05, 4.69) is 20.9 Å². The molecule has 1 atom stereocenters. The molecule has 1 unspecified atom stereocenters. The maximum Gasteiger partial charge on any atom is 0.241 e. The third-order valence-corrected chi connectivity index (χ3v) is 3.48. The summed E-state index contributed by atoms with van der Waals surface area (Å²) in [4.78, 5) is 29.5. The molecular weight excluding hydrogens is 409 g/mol. The molecular formula is C15H30IN5O2. The van der Waals surface area contributed by atoms with Gasteiger partial charge in [0.05, 0.1) is 0 Å². The highest BCUT2D eigenvalue weighted by atomic mass is 127. The molecule has 0 saturated carbocycles. The van der Waals surface area contributed by atoms with E-state index in [0.29, 0.717) is 25.5 Å². The largest absolute Gasteiger partial charge is 0.357 e. The predicted octanol–water partition coefficient (Wildman–Crippen LogP) is 0.697. The number of carbonyl (C=O) groups is 2. The molecule has 8 heteroatoms. The van der Waals surface area contributed by atoms with E-state index in [1.165, 1.54) is 0 Å². The number of carbonyl (C=O) groups excluding carboxylic acids is 2. The van der Waals surface area contributed by atoms with Crippen LogP contribution >= 0.6 is 24.0 Å². The standard InChI is InChI=1S/C15H29N5O2.HI/c1-4-8-17-13(21)10-18-15(16-6-3)19-12-7-9-20(11-12)14(22)5-2;/h12H,4-11H2,1-3H3,(H,17,21)(H2,16,18,19);1H. The molecule has 0 aromatic carbocycles. The molecule has 1 fully saturated rings. The van der Waals surface area contributed by atoms with Gasteiger partial charge in [0.15, 0.2) is 5.96 Å². The van der Waals surface area contributed by atoms with E-state index in [-0.39, 0.29) is 48.4 Å². The number of halogens is 1. The second kappa shape index (κ2) is 12.4. The van der Waals surface area contributed by atoms with Crippen molar-refractivity contribution in [3.8, 4) is 0 Å². The van der Waals surface area contributed by atoms with Gasteiger partial charge in [0.1, 0.15) is 6.54 Å². The van der Waals surface area contributed by atoms with Crippen LogP contribution in [0.4, 0.5) is 0 Å². The first-order chi connectivity index (χ1) is 10.6. The summed E-state index contributed by atoms with van der Waals surface area (Å²) in [5, 5.41) is 9.24. The second-order valence-corrected chi connectivity index (χ2v) is 5.37. The van der Waals surface area contributed by atoms with Gasteiger partial charge in [-0.1, -0.05) is 13.8 Å². The summed E-state index contributed by atoms with van der Waals surface area (Å²) in [6, 6.07) is 0.187. The van der Waals surface area contributed by atoms with E-state index in [0.717, 1.165) is 25.9 Å². The fraction of sp³-hybridized carbons (Fsp3) is 0.800. The van der Waals surface area contributed by atoms with Crippen molar-refractivity contribution in [1.29, 1.82) is 0 Å². The number of likely N-dealkylation sites (tertiary alicyclic amines) is 1. The average molecular weight is 439 g/mol. The quantitative estimate of drug-likeness (QED) is 0.310. The predicted molar refractivity (Wildman–Crippen MR) is 103 cm³/mol. The van der Waals surface area contributed by atoms with E-state index in [4.69, 9.17) is 0 Å². The molecule has 2 amide bonds. The maximum atomic E-state index is 11.7. The van der Waals surface area contributed by atoms with Crippen LogP contribution in [0.2, 0.25) is 0 Å². The zero-order valence-electron chi connectivity index (χ0n) is 14.4. The molecule has 0 aromatic heterocycles. The fourth-order valence-electron chi connectivity index (χ4n) is 2.31. The molecule has 7 nitrogen and oxygen atoms in total. The Hall–Kier alpha value is -1.06. The highest BCUT2D eigenvalue weighted by Gasteiger charge is 2.25. The third-order valence-electron chi connectivity index (χ3n) is 3.48. The number of guanidine groups is 1. The molecule has 23 heavy (non-hydrogen) atoms. The maximum absolute atomic E-state index is 11.7. The Labute approximate surface area is 156 Å².